The minimum absolute atomic E-state index is 0.906. The van der Waals surface area contributed by atoms with E-state index in [1.165, 1.54) is 86.4 Å². The van der Waals surface area contributed by atoms with Crippen LogP contribution >= 0.6 is 0 Å². The molecule has 0 fully saturated rings. The molecule has 0 N–H and O–H groups in total. The molecule has 0 unspecified atom stereocenters. The Hall–Kier alpha value is -10.2. The molecule has 0 atom stereocenters. The minimum Gasteiger partial charge on any atom is -0.292 e. The second-order valence-corrected chi connectivity index (χ2v) is 24.6. The summed E-state index contributed by atoms with van der Waals surface area (Å²) in [7, 11) is -2.76. The third-order valence-corrected chi connectivity index (χ3v) is 21.3. The number of para-hydroxylation sites is 3. The summed E-state index contributed by atoms with van der Waals surface area (Å²) in [5.41, 5.74) is 13.7. The number of hydrogen-bond donors (Lipinski definition) is 0. The van der Waals surface area contributed by atoms with Crippen LogP contribution in [0.4, 0.5) is 0 Å². The van der Waals surface area contributed by atoms with Gasteiger partial charge in [0.05, 0.1) is 11.0 Å². The Morgan fingerprint density at radius 3 is 1.05 bits per heavy atom. The second-order valence-electron chi connectivity index (χ2n) is 20.8. The lowest BCUT2D eigenvalue weighted by molar-refractivity contribution is 1.11. The number of imidazole rings is 1. The SMILES string of the molecule is c1ccc(-c2cc3c(-c4c5ccccc5c(-c5ccc([Si](c6ccccc6)(c6ccccc6)c6ccccc6)cc5)c5ccccc45)c4ccccc4c(-c4nc5ccccc5n4-c4ccccc4)c3cc2-c2ccccc2)cc1. The predicted molar refractivity (Wildman–Crippen MR) is 342 cm³/mol. The number of hydrogen-bond acceptors (Lipinski definition) is 1. The van der Waals surface area contributed by atoms with E-state index in [0.29, 0.717) is 0 Å². The van der Waals surface area contributed by atoms with Crippen molar-refractivity contribution in [3.63, 3.8) is 0 Å². The Bertz CT molecular complexity index is 4620. The highest BCUT2D eigenvalue weighted by atomic mass is 28.3. The lowest BCUT2D eigenvalue weighted by Gasteiger charge is -2.34. The fourth-order valence-electron chi connectivity index (χ4n) is 13.1. The number of benzene rings is 14. The van der Waals surface area contributed by atoms with Crippen molar-refractivity contribution in [3.05, 3.63) is 315 Å². The van der Waals surface area contributed by atoms with Crippen LogP contribution in [-0.2, 0) is 0 Å². The van der Waals surface area contributed by atoms with Crippen molar-refractivity contribution in [1.82, 2.24) is 9.55 Å². The van der Waals surface area contributed by atoms with Crippen LogP contribution in [-0.4, -0.2) is 17.6 Å². The van der Waals surface area contributed by atoms with E-state index >= 15 is 0 Å². The number of fused-ring (bicyclic) bond motifs is 5. The normalized spacial score (nSPS) is 11.8. The first-order valence-corrected chi connectivity index (χ1v) is 29.6. The van der Waals surface area contributed by atoms with Gasteiger partial charge in [-0.3, -0.25) is 4.57 Å². The summed E-state index contributed by atoms with van der Waals surface area (Å²) in [6.07, 6.45) is 0. The van der Waals surface area contributed by atoms with Crippen molar-refractivity contribution < 1.29 is 0 Å². The highest BCUT2D eigenvalue weighted by molar-refractivity contribution is 7.19. The molecule has 0 aliphatic rings. The highest BCUT2D eigenvalue weighted by Gasteiger charge is 2.41. The first-order chi connectivity index (χ1) is 39.7. The van der Waals surface area contributed by atoms with Gasteiger partial charge in [0.25, 0.3) is 0 Å². The number of aromatic nitrogens is 2. The van der Waals surface area contributed by atoms with Gasteiger partial charge in [0.15, 0.2) is 8.07 Å². The van der Waals surface area contributed by atoms with Crippen molar-refractivity contribution in [2.45, 2.75) is 0 Å². The van der Waals surface area contributed by atoms with Gasteiger partial charge >= 0.3 is 0 Å². The quantitative estimate of drug-likeness (QED) is 0.0758. The standard InChI is InChI=1S/C77H52N2Si/c1-7-27-53(28-8-1)67-51-69-70(52-68(67)54-29-9-2-10-30-54)76(77-78-71-45-25-26-46-72(71)79(77)56-31-11-3-12-32-56)66-44-24-23-43-65(66)75(69)74-63-41-21-19-39-61(63)73(62-40-20-22-42-64(62)74)55-47-49-60(50-48-55)80(57-33-13-4-14-34-57,58-35-15-5-16-36-58)59-37-17-6-18-38-59/h1-52H. The number of nitrogens with zero attached hydrogens (tertiary/aromatic N) is 2. The molecule has 1 aromatic heterocycles. The van der Waals surface area contributed by atoms with E-state index < -0.39 is 8.07 Å². The largest absolute Gasteiger partial charge is 0.292 e. The Labute approximate surface area is 466 Å². The fourth-order valence-corrected chi connectivity index (χ4v) is 17.9. The molecule has 15 rings (SSSR count). The van der Waals surface area contributed by atoms with Crippen molar-refractivity contribution >= 4 is 82.9 Å². The van der Waals surface area contributed by atoms with E-state index in [1.54, 1.807) is 0 Å². The molecule has 0 aliphatic carbocycles. The van der Waals surface area contributed by atoms with E-state index in [2.05, 4.69) is 320 Å². The van der Waals surface area contributed by atoms with Crippen LogP contribution in [0, 0.1) is 0 Å². The van der Waals surface area contributed by atoms with Gasteiger partial charge < -0.3 is 0 Å². The van der Waals surface area contributed by atoms with Gasteiger partial charge in [0, 0.05) is 11.3 Å². The zero-order valence-corrected chi connectivity index (χ0v) is 44.9. The molecule has 0 saturated heterocycles. The summed E-state index contributed by atoms with van der Waals surface area (Å²) in [6, 6.07) is 117. The van der Waals surface area contributed by atoms with Crippen LogP contribution in [0.25, 0.3) is 116 Å². The summed E-state index contributed by atoms with van der Waals surface area (Å²) in [5.74, 6) is 0.906. The molecule has 374 valence electrons. The maximum absolute atomic E-state index is 5.63. The Kier molecular flexibility index (Phi) is 11.6. The lowest BCUT2D eigenvalue weighted by atomic mass is 9.80. The first-order valence-electron chi connectivity index (χ1n) is 27.6. The molecule has 3 heteroatoms. The molecular weight excluding hydrogens is 981 g/mol. The van der Waals surface area contributed by atoms with Gasteiger partial charge in [0.1, 0.15) is 5.82 Å². The monoisotopic (exact) mass is 1030 g/mol. The maximum Gasteiger partial charge on any atom is 0.179 e. The van der Waals surface area contributed by atoms with E-state index in [4.69, 9.17) is 4.98 Å². The summed E-state index contributed by atoms with van der Waals surface area (Å²) in [4.78, 5) is 5.63. The van der Waals surface area contributed by atoms with Crippen molar-refractivity contribution in [2.24, 2.45) is 0 Å². The minimum atomic E-state index is -2.76. The average Bonchev–Trinajstić information content (AvgIpc) is 4.06. The average molecular weight is 1030 g/mol. The van der Waals surface area contributed by atoms with Gasteiger partial charge in [0.2, 0.25) is 0 Å². The van der Waals surface area contributed by atoms with E-state index in [-0.39, 0.29) is 0 Å². The summed E-state index contributed by atoms with van der Waals surface area (Å²) >= 11 is 0. The van der Waals surface area contributed by atoms with Crippen LogP contribution in [0.15, 0.2) is 315 Å². The van der Waals surface area contributed by atoms with Crippen molar-refractivity contribution in [3.8, 4) is 61.6 Å². The van der Waals surface area contributed by atoms with E-state index in [1.807, 2.05) is 0 Å². The third kappa shape index (κ3) is 7.58. The molecule has 0 spiro atoms. The molecular formula is C77H52N2Si. The molecule has 0 aliphatic heterocycles. The van der Waals surface area contributed by atoms with Gasteiger partial charge in [-0.05, 0) is 145 Å². The van der Waals surface area contributed by atoms with Crippen molar-refractivity contribution in [1.29, 1.82) is 0 Å². The molecule has 1 heterocycles. The van der Waals surface area contributed by atoms with Gasteiger partial charge in [-0.2, -0.15) is 0 Å². The van der Waals surface area contributed by atoms with Crippen LogP contribution in [0.1, 0.15) is 0 Å². The van der Waals surface area contributed by atoms with Gasteiger partial charge in [-0.1, -0.05) is 279 Å². The summed E-state index contributed by atoms with van der Waals surface area (Å²) in [5, 5.41) is 14.9. The number of rotatable bonds is 10. The van der Waals surface area contributed by atoms with Crippen LogP contribution in [0.3, 0.4) is 0 Å². The summed E-state index contributed by atoms with van der Waals surface area (Å²) in [6.45, 7) is 0. The lowest BCUT2D eigenvalue weighted by Crippen LogP contribution is -2.74. The Morgan fingerprint density at radius 1 is 0.250 bits per heavy atom. The zero-order valence-electron chi connectivity index (χ0n) is 43.9. The van der Waals surface area contributed by atoms with E-state index in [0.717, 1.165) is 50.0 Å². The second kappa shape index (κ2) is 19.7. The topological polar surface area (TPSA) is 17.8 Å². The third-order valence-electron chi connectivity index (χ3n) is 16.5. The molecule has 0 radical (unpaired) electrons. The fraction of sp³-hybridized carbons (Fsp3) is 0. The zero-order chi connectivity index (χ0) is 53.0. The molecule has 0 saturated carbocycles. The molecule has 15 aromatic rings. The smallest absolute Gasteiger partial charge is 0.179 e. The predicted octanol–water partition coefficient (Wildman–Crippen LogP) is 17.4. The molecule has 14 aromatic carbocycles. The summed E-state index contributed by atoms with van der Waals surface area (Å²) < 4.78 is 2.36. The molecule has 2 nitrogen and oxygen atoms in total. The van der Waals surface area contributed by atoms with Gasteiger partial charge in [-0.25, -0.2) is 4.98 Å². The van der Waals surface area contributed by atoms with Crippen molar-refractivity contribution in [2.75, 3.05) is 0 Å². The molecule has 80 heavy (non-hydrogen) atoms. The van der Waals surface area contributed by atoms with Gasteiger partial charge in [-0.15, -0.1) is 0 Å². The highest BCUT2D eigenvalue weighted by Crippen LogP contribution is 2.52. The first kappa shape index (κ1) is 47.1. The van der Waals surface area contributed by atoms with Crippen LogP contribution < -0.4 is 20.7 Å². The Balaban J connectivity index is 1.05. The van der Waals surface area contributed by atoms with E-state index in [9.17, 15) is 0 Å². The van der Waals surface area contributed by atoms with Crippen LogP contribution in [0.2, 0.25) is 0 Å². The Morgan fingerprint density at radius 2 is 0.588 bits per heavy atom. The molecule has 0 bridgehead atoms. The van der Waals surface area contributed by atoms with Crippen LogP contribution in [0.5, 0.6) is 0 Å². The maximum atomic E-state index is 5.63. The molecule has 0 amide bonds.